The molecule has 0 bridgehead atoms. The molecule has 0 fully saturated rings. The lowest BCUT2D eigenvalue weighted by molar-refractivity contribution is 0.270. The molecule has 2 atom stereocenters. The Morgan fingerprint density at radius 2 is 0.873 bits per heavy atom. The third-order valence-electron chi connectivity index (χ3n) is 11.6. The van der Waals surface area contributed by atoms with Crippen LogP contribution in [0.3, 0.4) is 0 Å². The third-order valence-corrected chi connectivity index (χ3v) is 11.6. The number of fused-ring (bicyclic) bond motifs is 6. The maximum absolute atomic E-state index is 7.07. The summed E-state index contributed by atoms with van der Waals surface area (Å²) in [6, 6.07) is 66.5. The van der Waals surface area contributed by atoms with E-state index in [4.69, 9.17) is 4.74 Å². The van der Waals surface area contributed by atoms with Crippen molar-refractivity contribution in [3.05, 3.63) is 212 Å². The van der Waals surface area contributed by atoms with Crippen LogP contribution in [0.5, 0.6) is 5.75 Å². The van der Waals surface area contributed by atoms with Crippen LogP contribution in [0.4, 0.5) is 0 Å². The van der Waals surface area contributed by atoms with E-state index < -0.39 is 0 Å². The molecule has 55 heavy (non-hydrogen) atoms. The summed E-state index contributed by atoms with van der Waals surface area (Å²) in [5.74, 6) is 1.07. The minimum Gasteiger partial charge on any atom is -0.484 e. The van der Waals surface area contributed by atoms with Gasteiger partial charge in [-0.05, 0) is 113 Å². The third kappa shape index (κ3) is 5.23. The molecule has 1 aliphatic carbocycles. The molecule has 1 aliphatic heterocycles. The van der Waals surface area contributed by atoms with E-state index in [1.54, 1.807) is 0 Å². The van der Waals surface area contributed by atoms with Gasteiger partial charge in [0.15, 0.2) is 0 Å². The standard InChI is InChI=1S/C54H36O/c1-3-15-35(16-4-1)40-32-41(36-17-5-2-6-18-36)34-42(33-40)43-29-30-49(53-48-25-13-14-26-50(48)55-54(43)53)52-46-23-11-9-21-44(46)51(45-22-10-12-24-47(45)52)39-28-27-37-19-7-8-20-38(37)31-39/h1-34,48,50H. The summed E-state index contributed by atoms with van der Waals surface area (Å²) in [6.07, 6.45) is 8.78. The minimum atomic E-state index is -0.0693. The highest BCUT2D eigenvalue weighted by Gasteiger charge is 2.37. The van der Waals surface area contributed by atoms with E-state index in [0.29, 0.717) is 0 Å². The minimum absolute atomic E-state index is 0.0693. The van der Waals surface area contributed by atoms with Gasteiger partial charge in [0.1, 0.15) is 11.9 Å². The maximum Gasteiger partial charge on any atom is 0.132 e. The van der Waals surface area contributed by atoms with Crippen molar-refractivity contribution in [2.24, 2.45) is 0 Å². The molecule has 0 radical (unpaired) electrons. The zero-order chi connectivity index (χ0) is 36.3. The molecular weight excluding hydrogens is 665 g/mol. The molecule has 0 amide bonds. The SMILES string of the molecule is C1=CC2Oc3c(-c4cc(-c5ccccc5)cc(-c5ccccc5)c4)ccc(-c4c5ccccc5c(-c5ccc6ccccc6c5)c5ccccc45)c3C2C=C1. The Labute approximate surface area is 321 Å². The smallest absolute Gasteiger partial charge is 0.132 e. The van der Waals surface area contributed by atoms with E-state index in [-0.39, 0.29) is 12.0 Å². The van der Waals surface area contributed by atoms with Crippen LogP contribution >= 0.6 is 0 Å². The summed E-state index contributed by atoms with van der Waals surface area (Å²) in [4.78, 5) is 0. The molecule has 11 rings (SSSR count). The predicted molar refractivity (Wildman–Crippen MR) is 232 cm³/mol. The fourth-order valence-electron chi connectivity index (χ4n) is 9.05. The zero-order valence-electron chi connectivity index (χ0n) is 30.2. The Hall–Kier alpha value is -6.96. The molecule has 0 saturated carbocycles. The van der Waals surface area contributed by atoms with Gasteiger partial charge in [-0.1, -0.05) is 176 Å². The van der Waals surface area contributed by atoms with Gasteiger partial charge in [0.2, 0.25) is 0 Å². The summed E-state index contributed by atoms with van der Waals surface area (Å²) >= 11 is 0. The van der Waals surface area contributed by atoms with Crippen LogP contribution < -0.4 is 4.74 Å². The molecule has 9 aromatic carbocycles. The average Bonchev–Trinajstić information content (AvgIpc) is 3.66. The molecule has 1 heteroatoms. The predicted octanol–water partition coefficient (Wildman–Crippen LogP) is 14.5. The van der Waals surface area contributed by atoms with Crippen LogP contribution in [0.1, 0.15) is 11.5 Å². The van der Waals surface area contributed by atoms with Crippen molar-refractivity contribution >= 4 is 32.3 Å². The largest absolute Gasteiger partial charge is 0.484 e. The Balaban J connectivity index is 1.18. The van der Waals surface area contributed by atoms with Gasteiger partial charge in [-0.3, -0.25) is 0 Å². The molecule has 1 nitrogen and oxygen atoms in total. The second kappa shape index (κ2) is 12.9. The van der Waals surface area contributed by atoms with E-state index in [9.17, 15) is 0 Å². The van der Waals surface area contributed by atoms with Crippen molar-refractivity contribution in [3.8, 4) is 61.4 Å². The fourth-order valence-corrected chi connectivity index (χ4v) is 9.05. The lowest BCUT2D eigenvalue weighted by atomic mass is 9.80. The molecule has 2 unspecified atom stereocenters. The molecule has 0 saturated heterocycles. The zero-order valence-corrected chi connectivity index (χ0v) is 30.2. The van der Waals surface area contributed by atoms with Gasteiger partial charge < -0.3 is 4.74 Å². The molecule has 0 N–H and O–H groups in total. The first-order valence-corrected chi connectivity index (χ1v) is 19.2. The molecule has 1 heterocycles. The van der Waals surface area contributed by atoms with Crippen LogP contribution in [-0.4, -0.2) is 6.10 Å². The molecule has 9 aromatic rings. The second-order valence-electron chi connectivity index (χ2n) is 14.7. The Kier molecular flexibility index (Phi) is 7.38. The van der Waals surface area contributed by atoms with E-state index in [1.807, 2.05) is 0 Å². The van der Waals surface area contributed by atoms with Gasteiger partial charge in [0.25, 0.3) is 0 Å². The fraction of sp³-hybridized carbons (Fsp3) is 0.0370. The van der Waals surface area contributed by atoms with Crippen molar-refractivity contribution in [1.82, 2.24) is 0 Å². The number of benzene rings is 9. The topological polar surface area (TPSA) is 9.23 Å². The number of ether oxygens (including phenoxy) is 1. The summed E-state index contributed by atoms with van der Waals surface area (Å²) in [5.41, 5.74) is 13.3. The van der Waals surface area contributed by atoms with Crippen LogP contribution in [-0.2, 0) is 0 Å². The highest BCUT2D eigenvalue weighted by molar-refractivity contribution is 6.22. The summed E-state index contributed by atoms with van der Waals surface area (Å²) < 4.78 is 7.07. The molecular formula is C54H36O. The molecule has 2 aliphatic rings. The lowest BCUT2D eigenvalue weighted by Crippen LogP contribution is -2.15. The van der Waals surface area contributed by atoms with Crippen molar-refractivity contribution in [3.63, 3.8) is 0 Å². The van der Waals surface area contributed by atoms with Gasteiger partial charge in [-0.25, -0.2) is 0 Å². The normalized spacial score (nSPS) is 15.6. The summed E-state index contributed by atoms with van der Waals surface area (Å²) in [7, 11) is 0. The molecule has 0 spiro atoms. The van der Waals surface area contributed by atoms with Gasteiger partial charge in [-0.15, -0.1) is 0 Å². The summed E-state index contributed by atoms with van der Waals surface area (Å²) in [5, 5.41) is 7.49. The highest BCUT2D eigenvalue weighted by Crippen LogP contribution is 2.54. The first-order valence-electron chi connectivity index (χ1n) is 19.2. The Bertz CT molecular complexity index is 2890. The average molecular weight is 701 g/mol. The van der Waals surface area contributed by atoms with E-state index in [0.717, 1.165) is 16.9 Å². The Morgan fingerprint density at radius 3 is 1.53 bits per heavy atom. The van der Waals surface area contributed by atoms with Gasteiger partial charge in [0, 0.05) is 17.0 Å². The Morgan fingerprint density at radius 1 is 0.345 bits per heavy atom. The van der Waals surface area contributed by atoms with Crippen LogP contribution in [0, 0.1) is 0 Å². The number of allylic oxidation sites excluding steroid dienone is 2. The lowest BCUT2D eigenvalue weighted by Gasteiger charge is -2.21. The van der Waals surface area contributed by atoms with E-state index >= 15 is 0 Å². The molecule has 258 valence electrons. The number of rotatable bonds is 5. The highest BCUT2D eigenvalue weighted by atomic mass is 16.5. The second-order valence-corrected chi connectivity index (χ2v) is 14.7. The maximum atomic E-state index is 7.07. The van der Waals surface area contributed by atoms with E-state index in [1.165, 1.54) is 82.4 Å². The van der Waals surface area contributed by atoms with Crippen LogP contribution in [0.25, 0.3) is 88.0 Å². The molecule has 0 aromatic heterocycles. The number of hydrogen-bond acceptors (Lipinski definition) is 1. The van der Waals surface area contributed by atoms with Crippen LogP contribution in [0.15, 0.2) is 206 Å². The van der Waals surface area contributed by atoms with Gasteiger partial charge >= 0.3 is 0 Å². The van der Waals surface area contributed by atoms with Crippen molar-refractivity contribution in [2.75, 3.05) is 0 Å². The van der Waals surface area contributed by atoms with Gasteiger partial charge in [0.05, 0.1) is 0 Å². The van der Waals surface area contributed by atoms with Crippen molar-refractivity contribution < 1.29 is 4.74 Å². The van der Waals surface area contributed by atoms with Crippen molar-refractivity contribution in [2.45, 2.75) is 12.0 Å². The number of hydrogen-bond donors (Lipinski definition) is 0. The first-order chi connectivity index (χ1) is 27.3. The summed E-state index contributed by atoms with van der Waals surface area (Å²) in [6.45, 7) is 0. The quantitative estimate of drug-likeness (QED) is 0.162. The van der Waals surface area contributed by atoms with E-state index in [2.05, 4.69) is 206 Å². The van der Waals surface area contributed by atoms with Crippen molar-refractivity contribution in [1.29, 1.82) is 0 Å². The van der Waals surface area contributed by atoms with Gasteiger partial charge in [-0.2, -0.15) is 0 Å². The van der Waals surface area contributed by atoms with Crippen LogP contribution in [0.2, 0.25) is 0 Å². The monoisotopic (exact) mass is 700 g/mol. The first kappa shape index (κ1) is 31.6.